The first-order valence-electron chi connectivity index (χ1n) is 4.94. The molecule has 2 nitrogen and oxygen atoms in total. The van der Waals surface area contributed by atoms with Crippen molar-refractivity contribution in [2.75, 3.05) is 0 Å². The molecular formula is C10H17NO. The van der Waals surface area contributed by atoms with Crippen molar-refractivity contribution >= 4 is 5.78 Å². The molecule has 0 heterocycles. The molecular weight excluding hydrogens is 150 g/mol. The molecule has 4 atom stereocenters. The van der Waals surface area contributed by atoms with E-state index in [2.05, 4.69) is 0 Å². The maximum absolute atomic E-state index is 11.2. The summed E-state index contributed by atoms with van der Waals surface area (Å²) in [7, 11) is 0. The summed E-state index contributed by atoms with van der Waals surface area (Å²) in [5.74, 6) is 2.01. The van der Waals surface area contributed by atoms with Gasteiger partial charge in [-0.3, -0.25) is 4.79 Å². The largest absolute Gasteiger partial charge is 0.327 e. The summed E-state index contributed by atoms with van der Waals surface area (Å²) >= 11 is 0. The summed E-state index contributed by atoms with van der Waals surface area (Å²) in [6.45, 7) is 1.72. The lowest BCUT2D eigenvalue weighted by Crippen LogP contribution is -2.39. The van der Waals surface area contributed by atoms with Gasteiger partial charge < -0.3 is 5.73 Å². The zero-order valence-electron chi connectivity index (χ0n) is 7.62. The summed E-state index contributed by atoms with van der Waals surface area (Å²) in [5, 5.41) is 0. The molecule has 2 bridgehead atoms. The van der Waals surface area contributed by atoms with E-state index in [0.717, 1.165) is 12.8 Å². The minimum Gasteiger partial charge on any atom is -0.327 e. The van der Waals surface area contributed by atoms with Crippen molar-refractivity contribution in [1.82, 2.24) is 0 Å². The molecule has 0 saturated heterocycles. The van der Waals surface area contributed by atoms with Gasteiger partial charge in [0.05, 0.1) is 0 Å². The molecule has 2 rings (SSSR count). The van der Waals surface area contributed by atoms with E-state index in [0.29, 0.717) is 29.6 Å². The number of carbonyl (C=O) groups excluding carboxylic acids is 1. The molecule has 0 aromatic carbocycles. The average Bonchev–Trinajstić information content (AvgIpc) is 2.30. The minimum atomic E-state index is 0.335. The Morgan fingerprint density at radius 1 is 1.25 bits per heavy atom. The van der Waals surface area contributed by atoms with Gasteiger partial charge in [-0.2, -0.15) is 0 Å². The third-order valence-electron chi connectivity index (χ3n) is 3.75. The number of hydrogen-bond donors (Lipinski definition) is 1. The van der Waals surface area contributed by atoms with Crippen LogP contribution >= 0.6 is 0 Å². The van der Waals surface area contributed by atoms with Gasteiger partial charge in [-0.05, 0) is 44.4 Å². The minimum absolute atomic E-state index is 0.335. The highest BCUT2D eigenvalue weighted by molar-refractivity contribution is 5.78. The number of rotatable bonds is 1. The maximum Gasteiger partial charge on any atom is 0.132 e. The lowest BCUT2D eigenvalue weighted by molar-refractivity contribution is -0.122. The van der Waals surface area contributed by atoms with E-state index in [9.17, 15) is 4.79 Å². The molecule has 2 aliphatic rings. The van der Waals surface area contributed by atoms with Crippen molar-refractivity contribution in [3.8, 4) is 0 Å². The van der Waals surface area contributed by atoms with Gasteiger partial charge in [-0.15, -0.1) is 0 Å². The Labute approximate surface area is 73.5 Å². The smallest absolute Gasteiger partial charge is 0.132 e. The van der Waals surface area contributed by atoms with Crippen LogP contribution < -0.4 is 5.73 Å². The van der Waals surface area contributed by atoms with Crippen LogP contribution in [0, 0.1) is 17.8 Å². The van der Waals surface area contributed by atoms with Crippen LogP contribution in [-0.4, -0.2) is 11.8 Å². The molecule has 2 unspecified atom stereocenters. The summed E-state index contributed by atoms with van der Waals surface area (Å²) < 4.78 is 0. The summed E-state index contributed by atoms with van der Waals surface area (Å²) in [5.41, 5.74) is 6.04. The van der Waals surface area contributed by atoms with Gasteiger partial charge in [0, 0.05) is 12.0 Å². The molecule has 0 radical (unpaired) electrons. The second kappa shape index (κ2) is 2.84. The van der Waals surface area contributed by atoms with Crippen molar-refractivity contribution in [3.05, 3.63) is 0 Å². The molecule has 2 saturated carbocycles. The lowest BCUT2D eigenvalue weighted by atomic mass is 9.76. The van der Waals surface area contributed by atoms with E-state index in [4.69, 9.17) is 5.73 Å². The first-order chi connectivity index (χ1) is 5.68. The van der Waals surface area contributed by atoms with Gasteiger partial charge in [0.1, 0.15) is 5.78 Å². The van der Waals surface area contributed by atoms with Crippen LogP contribution in [0.3, 0.4) is 0 Å². The van der Waals surface area contributed by atoms with E-state index in [-0.39, 0.29) is 0 Å². The Morgan fingerprint density at radius 2 is 1.75 bits per heavy atom. The summed E-state index contributed by atoms with van der Waals surface area (Å²) in [6, 6.07) is 0.403. The van der Waals surface area contributed by atoms with Gasteiger partial charge in [0.2, 0.25) is 0 Å². The van der Waals surface area contributed by atoms with Crippen LogP contribution in [0.5, 0.6) is 0 Å². The quantitative estimate of drug-likeness (QED) is 0.640. The Morgan fingerprint density at radius 3 is 2.17 bits per heavy atom. The average molecular weight is 167 g/mol. The standard InChI is InChI=1S/C10H17NO/c1-6(12)9-4-7-2-3-8(5-9)10(7)11/h7-10H,2-5,11H2,1H3/t7-,8+,9?,10?. The zero-order chi connectivity index (χ0) is 8.72. The second-order valence-corrected chi connectivity index (χ2v) is 4.45. The number of Topliss-reactive ketones (excluding diaryl/α,β-unsaturated/α-hetero) is 1. The van der Waals surface area contributed by atoms with Crippen LogP contribution in [0.15, 0.2) is 0 Å². The summed E-state index contributed by atoms with van der Waals surface area (Å²) in [6.07, 6.45) is 4.64. The fourth-order valence-corrected chi connectivity index (χ4v) is 2.91. The fourth-order valence-electron chi connectivity index (χ4n) is 2.91. The Hall–Kier alpha value is -0.370. The molecule has 0 amide bonds. The first kappa shape index (κ1) is 8.24. The fraction of sp³-hybridized carbons (Fsp3) is 0.900. The number of ketones is 1. The molecule has 2 N–H and O–H groups in total. The third kappa shape index (κ3) is 1.18. The molecule has 0 aromatic rings. The van der Waals surface area contributed by atoms with Crippen molar-refractivity contribution in [2.45, 2.75) is 38.6 Å². The molecule has 2 aliphatic carbocycles. The first-order valence-corrected chi connectivity index (χ1v) is 4.94. The molecule has 12 heavy (non-hydrogen) atoms. The number of carbonyl (C=O) groups is 1. The van der Waals surface area contributed by atoms with E-state index in [1.807, 2.05) is 0 Å². The Bertz CT molecular complexity index is 188. The van der Waals surface area contributed by atoms with E-state index < -0.39 is 0 Å². The van der Waals surface area contributed by atoms with Gasteiger partial charge in [0.25, 0.3) is 0 Å². The van der Waals surface area contributed by atoms with E-state index in [1.165, 1.54) is 12.8 Å². The van der Waals surface area contributed by atoms with Crippen LogP contribution in [0.25, 0.3) is 0 Å². The molecule has 0 spiro atoms. The van der Waals surface area contributed by atoms with E-state index >= 15 is 0 Å². The molecule has 0 aromatic heterocycles. The van der Waals surface area contributed by atoms with Gasteiger partial charge >= 0.3 is 0 Å². The van der Waals surface area contributed by atoms with Crippen LogP contribution in [0.1, 0.15) is 32.6 Å². The zero-order valence-corrected chi connectivity index (χ0v) is 7.62. The van der Waals surface area contributed by atoms with Crippen molar-refractivity contribution in [1.29, 1.82) is 0 Å². The van der Waals surface area contributed by atoms with Crippen molar-refractivity contribution in [2.24, 2.45) is 23.5 Å². The van der Waals surface area contributed by atoms with E-state index in [1.54, 1.807) is 6.92 Å². The second-order valence-electron chi connectivity index (χ2n) is 4.45. The SMILES string of the molecule is CC(=O)C1C[C@H]2CC[C@@H](C1)C2N. The highest BCUT2D eigenvalue weighted by atomic mass is 16.1. The molecule has 0 aliphatic heterocycles. The Balaban J connectivity index is 2.07. The monoisotopic (exact) mass is 167 g/mol. The van der Waals surface area contributed by atoms with Gasteiger partial charge in [0.15, 0.2) is 0 Å². The molecule has 68 valence electrons. The molecule has 2 fully saturated rings. The van der Waals surface area contributed by atoms with Crippen molar-refractivity contribution < 1.29 is 4.79 Å². The third-order valence-corrected chi connectivity index (χ3v) is 3.75. The Kier molecular flexibility index (Phi) is 1.95. The highest BCUT2D eigenvalue weighted by Crippen LogP contribution is 2.43. The number of nitrogens with two attached hydrogens (primary N) is 1. The predicted octanol–water partition coefficient (Wildman–Crippen LogP) is 1.34. The highest BCUT2D eigenvalue weighted by Gasteiger charge is 2.41. The maximum atomic E-state index is 11.2. The van der Waals surface area contributed by atoms with Crippen LogP contribution in [-0.2, 0) is 4.79 Å². The van der Waals surface area contributed by atoms with Crippen LogP contribution in [0.2, 0.25) is 0 Å². The van der Waals surface area contributed by atoms with Gasteiger partial charge in [-0.25, -0.2) is 0 Å². The van der Waals surface area contributed by atoms with Gasteiger partial charge in [-0.1, -0.05) is 0 Å². The molecule has 2 heteroatoms. The van der Waals surface area contributed by atoms with Crippen LogP contribution in [0.4, 0.5) is 0 Å². The number of hydrogen-bond acceptors (Lipinski definition) is 2. The lowest BCUT2D eigenvalue weighted by Gasteiger charge is -2.31. The summed E-state index contributed by atoms with van der Waals surface area (Å²) in [4.78, 5) is 11.2. The number of fused-ring (bicyclic) bond motifs is 2. The predicted molar refractivity (Wildman–Crippen MR) is 47.6 cm³/mol. The topological polar surface area (TPSA) is 43.1 Å². The van der Waals surface area contributed by atoms with Crippen molar-refractivity contribution in [3.63, 3.8) is 0 Å². The normalized spacial score (nSPS) is 46.2.